The molecular weight excluding hydrogens is 376 g/mol. The quantitative estimate of drug-likeness (QED) is 0.438. The Balaban J connectivity index is 1.53. The first-order valence-electron chi connectivity index (χ1n) is 13.6. The van der Waals surface area contributed by atoms with E-state index in [1.807, 2.05) is 5.57 Å². The molecule has 1 heteroatoms. The molecule has 4 aliphatic carbocycles. The van der Waals surface area contributed by atoms with Crippen LogP contribution in [0.15, 0.2) is 23.3 Å². The van der Waals surface area contributed by atoms with Crippen LogP contribution < -0.4 is 0 Å². The van der Waals surface area contributed by atoms with E-state index in [4.69, 9.17) is 0 Å². The maximum Gasteiger partial charge on any atom is 0.0546 e. The van der Waals surface area contributed by atoms with Gasteiger partial charge in [0.05, 0.1) is 6.10 Å². The highest BCUT2D eigenvalue weighted by atomic mass is 16.3. The van der Waals surface area contributed by atoms with Crippen molar-refractivity contribution in [2.45, 2.75) is 119 Å². The lowest BCUT2D eigenvalue weighted by Crippen LogP contribution is -2.54. The van der Waals surface area contributed by atoms with Gasteiger partial charge in [0.15, 0.2) is 0 Å². The fraction of sp³-hybridized carbons (Fsp3) is 0.867. The zero-order valence-corrected chi connectivity index (χ0v) is 21.6. The number of aliphatic hydroxyl groups is 1. The lowest BCUT2D eigenvalue weighted by molar-refractivity contribution is -0.0974. The first kappa shape index (κ1) is 23.6. The second-order valence-corrected chi connectivity index (χ2v) is 13.2. The fourth-order valence-electron chi connectivity index (χ4n) is 9.18. The predicted molar refractivity (Wildman–Crippen MR) is 133 cm³/mol. The van der Waals surface area contributed by atoms with Crippen LogP contribution in [0.2, 0.25) is 0 Å². The highest BCUT2D eigenvalue weighted by Crippen LogP contribution is 2.69. The van der Waals surface area contributed by atoms with Gasteiger partial charge in [-0.2, -0.15) is 0 Å². The number of allylic oxidation sites excluding steroid dienone is 4. The summed E-state index contributed by atoms with van der Waals surface area (Å²) in [5, 5.41) is 10.4. The second kappa shape index (κ2) is 8.34. The zero-order valence-electron chi connectivity index (χ0n) is 21.6. The number of aliphatic hydroxyl groups excluding tert-OH is 1. The normalized spacial score (nSPS) is 46.2. The predicted octanol–water partition coefficient (Wildman–Crippen LogP) is 8.34. The summed E-state index contributed by atoms with van der Waals surface area (Å²) in [7, 11) is 0. The van der Waals surface area contributed by atoms with Crippen molar-refractivity contribution in [3.8, 4) is 0 Å². The van der Waals surface area contributed by atoms with E-state index in [1.165, 1.54) is 51.4 Å². The van der Waals surface area contributed by atoms with Crippen LogP contribution in [0.25, 0.3) is 0 Å². The smallest absolute Gasteiger partial charge is 0.0546 e. The van der Waals surface area contributed by atoms with E-state index in [1.54, 1.807) is 5.57 Å². The monoisotopic (exact) mass is 426 g/mol. The van der Waals surface area contributed by atoms with Gasteiger partial charge < -0.3 is 5.11 Å². The van der Waals surface area contributed by atoms with Crippen LogP contribution in [-0.4, -0.2) is 11.2 Å². The van der Waals surface area contributed by atoms with Crippen molar-refractivity contribution in [3.63, 3.8) is 0 Å². The number of rotatable bonds is 5. The molecule has 3 saturated carbocycles. The van der Waals surface area contributed by atoms with Crippen molar-refractivity contribution in [1.82, 2.24) is 0 Å². The van der Waals surface area contributed by atoms with Crippen LogP contribution in [-0.2, 0) is 0 Å². The standard InChI is InChI=1S/C30H50O/c1-8-22(20(2)3)10-9-21(4)25-11-12-26-24-14-16-28(5)19-23(31)13-18-30(28,7)27(24)15-17-29(25,26)6/h8,14,20-21,23,25-27,31H,9-13,15-19H2,1-7H3/b22-8-/t21-,23+,25-,26+,27-,28+,29-,30-/m1/s1. The van der Waals surface area contributed by atoms with Gasteiger partial charge in [-0.15, -0.1) is 0 Å². The molecule has 0 saturated heterocycles. The minimum Gasteiger partial charge on any atom is -0.393 e. The first-order valence-corrected chi connectivity index (χ1v) is 13.6. The summed E-state index contributed by atoms with van der Waals surface area (Å²) in [6.07, 6.45) is 17.7. The first-order chi connectivity index (χ1) is 14.6. The third-order valence-corrected chi connectivity index (χ3v) is 11.5. The second-order valence-electron chi connectivity index (χ2n) is 13.2. The van der Waals surface area contributed by atoms with Gasteiger partial charge in [-0.25, -0.2) is 0 Å². The van der Waals surface area contributed by atoms with Crippen molar-refractivity contribution < 1.29 is 5.11 Å². The molecule has 4 rings (SSSR count). The fourth-order valence-corrected chi connectivity index (χ4v) is 9.18. The molecule has 0 amide bonds. The van der Waals surface area contributed by atoms with E-state index >= 15 is 0 Å². The van der Waals surface area contributed by atoms with Crippen molar-refractivity contribution in [1.29, 1.82) is 0 Å². The highest BCUT2D eigenvalue weighted by molar-refractivity contribution is 5.29. The van der Waals surface area contributed by atoms with Gasteiger partial charge in [-0.1, -0.05) is 64.8 Å². The van der Waals surface area contributed by atoms with E-state index in [0.29, 0.717) is 16.7 Å². The summed E-state index contributed by atoms with van der Waals surface area (Å²) in [6.45, 7) is 17.2. The molecule has 4 aliphatic rings. The minimum atomic E-state index is -0.0773. The van der Waals surface area contributed by atoms with Crippen LogP contribution in [0.1, 0.15) is 113 Å². The van der Waals surface area contributed by atoms with Crippen LogP contribution in [0.5, 0.6) is 0 Å². The SMILES string of the molecule is C/C=C(/CC[C@@H](C)[C@H]1CC[C@H]2C3=CC[C@@]4(C)C[C@@H](O)CC[C@]4(C)[C@@H]3CC[C@]12C)C(C)C. The van der Waals surface area contributed by atoms with E-state index in [9.17, 15) is 5.11 Å². The topological polar surface area (TPSA) is 20.2 Å². The number of hydrogen-bond acceptors (Lipinski definition) is 1. The van der Waals surface area contributed by atoms with Crippen LogP contribution in [0.3, 0.4) is 0 Å². The molecule has 0 spiro atoms. The lowest BCUT2D eigenvalue weighted by atomic mass is 9.43. The van der Waals surface area contributed by atoms with Gasteiger partial charge in [0.1, 0.15) is 0 Å². The van der Waals surface area contributed by atoms with E-state index in [-0.39, 0.29) is 11.5 Å². The Hall–Kier alpha value is -0.560. The summed E-state index contributed by atoms with van der Waals surface area (Å²) in [6, 6.07) is 0. The summed E-state index contributed by atoms with van der Waals surface area (Å²) in [5.41, 5.74) is 4.69. The molecule has 0 aliphatic heterocycles. The van der Waals surface area contributed by atoms with Gasteiger partial charge in [0.25, 0.3) is 0 Å². The Bertz CT molecular complexity index is 731. The minimum absolute atomic E-state index is 0.0773. The summed E-state index contributed by atoms with van der Waals surface area (Å²) >= 11 is 0. The average Bonchev–Trinajstić information content (AvgIpc) is 3.06. The Morgan fingerprint density at radius 1 is 1.06 bits per heavy atom. The molecule has 0 radical (unpaired) electrons. The van der Waals surface area contributed by atoms with Crippen LogP contribution >= 0.6 is 0 Å². The molecule has 1 nitrogen and oxygen atoms in total. The van der Waals surface area contributed by atoms with Crippen molar-refractivity contribution >= 4 is 0 Å². The van der Waals surface area contributed by atoms with Gasteiger partial charge in [-0.3, -0.25) is 0 Å². The molecule has 8 atom stereocenters. The Kier molecular flexibility index (Phi) is 6.35. The molecule has 176 valence electrons. The molecule has 0 aromatic heterocycles. The number of hydrogen-bond donors (Lipinski definition) is 1. The summed E-state index contributed by atoms with van der Waals surface area (Å²) in [5.74, 6) is 3.99. The average molecular weight is 427 g/mol. The summed E-state index contributed by atoms with van der Waals surface area (Å²) in [4.78, 5) is 0. The van der Waals surface area contributed by atoms with Crippen molar-refractivity contribution in [3.05, 3.63) is 23.3 Å². The summed E-state index contributed by atoms with van der Waals surface area (Å²) < 4.78 is 0. The highest BCUT2D eigenvalue weighted by Gasteiger charge is 2.61. The van der Waals surface area contributed by atoms with Crippen LogP contribution in [0.4, 0.5) is 0 Å². The molecule has 1 N–H and O–H groups in total. The molecule has 0 aromatic rings. The van der Waals surface area contributed by atoms with Crippen molar-refractivity contribution in [2.75, 3.05) is 0 Å². The zero-order chi connectivity index (χ0) is 22.6. The molecule has 0 unspecified atom stereocenters. The number of fused-ring (bicyclic) bond motifs is 5. The third kappa shape index (κ3) is 3.70. The molecule has 3 fully saturated rings. The van der Waals surface area contributed by atoms with E-state index in [0.717, 1.165) is 36.5 Å². The van der Waals surface area contributed by atoms with Gasteiger partial charge in [0.2, 0.25) is 0 Å². The third-order valence-electron chi connectivity index (χ3n) is 11.5. The maximum atomic E-state index is 10.4. The van der Waals surface area contributed by atoms with Gasteiger partial charge in [0, 0.05) is 0 Å². The Labute approximate surface area is 193 Å². The maximum absolute atomic E-state index is 10.4. The Morgan fingerprint density at radius 2 is 1.81 bits per heavy atom. The van der Waals surface area contributed by atoms with Crippen LogP contribution in [0, 0.1) is 45.8 Å². The molecule has 0 bridgehead atoms. The lowest BCUT2D eigenvalue weighted by Gasteiger charge is -2.62. The molecule has 0 heterocycles. The molecule has 0 aromatic carbocycles. The van der Waals surface area contributed by atoms with Gasteiger partial charge in [-0.05, 0) is 117 Å². The van der Waals surface area contributed by atoms with Crippen molar-refractivity contribution in [2.24, 2.45) is 45.8 Å². The van der Waals surface area contributed by atoms with E-state index in [2.05, 4.69) is 60.6 Å². The van der Waals surface area contributed by atoms with E-state index < -0.39 is 0 Å². The Morgan fingerprint density at radius 3 is 2.48 bits per heavy atom. The molecule has 31 heavy (non-hydrogen) atoms. The van der Waals surface area contributed by atoms with Gasteiger partial charge >= 0.3 is 0 Å². The largest absolute Gasteiger partial charge is 0.393 e. The molecular formula is C30H50O.